The van der Waals surface area contributed by atoms with Crippen molar-refractivity contribution in [3.05, 3.63) is 59.3 Å². The number of aryl methyl sites for hydroxylation is 2. The van der Waals surface area contributed by atoms with E-state index in [1.807, 2.05) is 61.2 Å². The average Bonchev–Trinajstić information content (AvgIpc) is 3.14. The van der Waals surface area contributed by atoms with Crippen LogP contribution in [0.4, 0.5) is 5.69 Å². The molecule has 7 nitrogen and oxygen atoms in total. The number of carbonyl (C=O) groups excluding carboxylic acids is 2. The maximum Gasteiger partial charge on any atom is 0.238 e. The average molecular weight is 406 g/mol. The molecule has 2 aromatic carbocycles. The van der Waals surface area contributed by atoms with Gasteiger partial charge in [-0.3, -0.25) is 14.5 Å². The van der Waals surface area contributed by atoms with Gasteiger partial charge in [-0.1, -0.05) is 35.5 Å². The fourth-order valence-corrected chi connectivity index (χ4v) is 3.87. The van der Waals surface area contributed by atoms with Gasteiger partial charge in [0.25, 0.3) is 0 Å². The van der Waals surface area contributed by atoms with Gasteiger partial charge in [-0.15, -0.1) is 0 Å². The predicted molar refractivity (Wildman–Crippen MR) is 115 cm³/mol. The summed E-state index contributed by atoms with van der Waals surface area (Å²) in [5.74, 6) is 0.00920. The second kappa shape index (κ2) is 8.67. The van der Waals surface area contributed by atoms with Gasteiger partial charge in [0.2, 0.25) is 11.8 Å². The number of amides is 2. The van der Waals surface area contributed by atoms with Crippen LogP contribution in [0.2, 0.25) is 0 Å². The number of piperazine rings is 1. The molecule has 1 saturated heterocycles. The lowest BCUT2D eigenvalue weighted by Crippen LogP contribution is -2.50. The molecule has 1 aliphatic rings. The minimum Gasteiger partial charge on any atom is -0.356 e. The maximum atomic E-state index is 12.7. The molecule has 1 aromatic heterocycles. The molecule has 0 unspecified atom stereocenters. The molecule has 30 heavy (non-hydrogen) atoms. The van der Waals surface area contributed by atoms with E-state index in [9.17, 15) is 9.59 Å². The third-order valence-corrected chi connectivity index (χ3v) is 5.61. The summed E-state index contributed by atoms with van der Waals surface area (Å²) in [6.07, 6.45) is 0.226. The van der Waals surface area contributed by atoms with Gasteiger partial charge in [0.1, 0.15) is 5.69 Å². The lowest BCUT2D eigenvalue weighted by Gasteiger charge is -2.34. The van der Waals surface area contributed by atoms with Crippen molar-refractivity contribution < 1.29 is 14.1 Å². The van der Waals surface area contributed by atoms with Crippen LogP contribution in [0.15, 0.2) is 47.0 Å². The van der Waals surface area contributed by atoms with Crippen molar-refractivity contribution in [2.45, 2.75) is 20.3 Å². The Bertz CT molecular complexity index is 1050. The first-order valence-corrected chi connectivity index (χ1v) is 10.2. The van der Waals surface area contributed by atoms with E-state index in [1.54, 1.807) is 0 Å². The topological polar surface area (TPSA) is 78.7 Å². The number of fused-ring (bicyclic) bond motifs is 1. The summed E-state index contributed by atoms with van der Waals surface area (Å²) in [6.45, 7) is 6.85. The fourth-order valence-electron chi connectivity index (χ4n) is 3.87. The SMILES string of the molecule is Cc1cccc(C)c1NC(=O)CN1CCN(C(=O)Cc2noc3ccccc23)CC1. The first-order chi connectivity index (χ1) is 14.5. The number of aromatic nitrogens is 1. The molecule has 4 rings (SSSR count). The molecule has 0 aliphatic carbocycles. The summed E-state index contributed by atoms with van der Waals surface area (Å²) in [6, 6.07) is 13.5. The van der Waals surface area contributed by atoms with Crippen molar-refractivity contribution in [1.82, 2.24) is 15.0 Å². The minimum absolute atomic E-state index is 0.0266. The highest BCUT2D eigenvalue weighted by Gasteiger charge is 2.24. The molecule has 1 fully saturated rings. The van der Waals surface area contributed by atoms with Crippen LogP contribution in [0.5, 0.6) is 0 Å². The zero-order valence-corrected chi connectivity index (χ0v) is 17.4. The van der Waals surface area contributed by atoms with Gasteiger partial charge in [-0.25, -0.2) is 0 Å². The summed E-state index contributed by atoms with van der Waals surface area (Å²) < 4.78 is 5.29. The molecule has 2 amide bonds. The highest BCUT2D eigenvalue weighted by molar-refractivity contribution is 5.93. The lowest BCUT2D eigenvalue weighted by atomic mass is 10.1. The Labute approximate surface area is 175 Å². The van der Waals surface area contributed by atoms with Gasteiger partial charge < -0.3 is 14.7 Å². The van der Waals surface area contributed by atoms with E-state index in [-0.39, 0.29) is 18.2 Å². The quantitative estimate of drug-likeness (QED) is 0.705. The Morgan fingerprint density at radius 2 is 1.70 bits per heavy atom. The highest BCUT2D eigenvalue weighted by Crippen LogP contribution is 2.20. The summed E-state index contributed by atoms with van der Waals surface area (Å²) in [5, 5.41) is 7.96. The number of para-hydroxylation sites is 2. The van der Waals surface area contributed by atoms with Crippen molar-refractivity contribution in [2.24, 2.45) is 0 Å². The van der Waals surface area contributed by atoms with Crippen molar-refractivity contribution in [1.29, 1.82) is 0 Å². The molecular weight excluding hydrogens is 380 g/mol. The number of carbonyl (C=O) groups is 2. The molecule has 1 aliphatic heterocycles. The number of benzene rings is 2. The molecule has 0 saturated carbocycles. The van der Waals surface area contributed by atoms with Gasteiger partial charge in [0.15, 0.2) is 5.58 Å². The van der Waals surface area contributed by atoms with Crippen molar-refractivity contribution in [3.63, 3.8) is 0 Å². The van der Waals surface area contributed by atoms with Crippen LogP contribution in [0, 0.1) is 13.8 Å². The predicted octanol–water partition coefficient (Wildman–Crippen LogP) is 2.77. The number of nitrogens with one attached hydrogen (secondary N) is 1. The second-order valence-corrected chi connectivity index (χ2v) is 7.77. The summed E-state index contributed by atoms with van der Waals surface area (Å²) in [7, 11) is 0. The Hall–Kier alpha value is -3.19. The highest BCUT2D eigenvalue weighted by atomic mass is 16.5. The van der Waals surface area contributed by atoms with Crippen molar-refractivity contribution in [2.75, 3.05) is 38.0 Å². The third-order valence-electron chi connectivity index (χ3n) is 5.61. The summed E-state index contributed by atoms with van der Waals surface area (Å²) in [4.78, 5) is 29.1. The monoisotopic (exact) mass is 406 g/mol. The number of anilines is 1. The van der Waals surface area contributed by atoms with Crippen LogP contribution in [-0.4, -0.2) is 59.5 Å². The van der Waals surface area contributed by atoms with Crippen LogP contribution in [-0.2, 0) is 16.0 Å². The van der Waals surface area contributed by atoms with E-state index < -0.39 is 0 Å². The molecule has 3 aromatic rings. The third kappa shape index (κ3) is 4.36. The number of hydrogen-bond acceptors (Lipinski definition) is 5. The Morgan fingerprint density at radius 1 is 1.00 bits per heavy atom. The second-order valence-electron chi connectivity index (χ2n) is 7.77. The Morgan fingerprint density at radius 3 is 2.43 bits per heavy atom. The Kier molecular flexibility index (Phi) is 5.81. The van der Waals surface area contributed by atoms with Gasteiger partial charge in [0, 0.05) is 37.3 Å². The fraction of sp³-hybridized carbons (Fsp3) is 0.348. The van der Waals surface area contributed by atoms with Gasteiger partial charge >= 0.3 is 0 Å². The first kappa shape index (κ1) is 20.1. The van der Waals surface area contributed by atoms with Crippen molar-refractivity contribution >= 4 is 28.5 Å². The molecular formula is C23H26N4O3. The largest absolute Gasteiger partial charge is 0.356 e. The maximum absolute atomic E-state index is 12.7. The Balaban J connectivity index is 1.28. The number of nitrogens with zero attached hydrogens (tertiary/aromatic N) is 3. The molecule has 0 spiro atoms. The van der Waals surface area contributed by atoms with Crippen LogP contribution in [0.3, 0.4) is 0 Å². The van der Waals surface area contributed by atoms with E-state index in [4.69, 9.17) is 4.52 Å². The van der Waals surface area contributed by atoms with Crippen LogP contribution in [0.25, 0.3) is 11.0 Å². The van der Waals surface area contributed by atoms with Gasteiger partial charge in [-0.05, 0) is 37.1 Å². The smallest absolute Gasteiger partial charge is 0.238 e. The molecule has 0 radical (unpaired) electrons. The van der Waals surface area contributed by atoms with Crippen LogP contribution >= 0.6 is 0 Å². The molecule has 0 bridgehead atoms. The summed E-state index contributed by atoms with van der Waals surface area (Å²) >= 11 is 0. The molecule has 156 valence electrons. The first-order valence-electron chi connectivity index (χ1n) is 10.2. The van der Waals surface area contributed by atoms with E-state index in [0.29, 0.717) is 44.0 Å². The minimum atomic E-state index is -0.0266. The normalized spacial score (nSPS) is 14.8. The molecule has 1 N–H and O–H groups in total. The van der Waals surface area contributed by atoms with Gasteiger partial charge in [0.05, 0.1) is 13.0 Å². The van der Waals surface area contributed by atoms with Crippen molar-refractivity contribution in [3.8, 4) is 0 Å². The number of rotatable bonds is 5. The standard InChI is InChI=1S/C23H26N4O3/c1-16-6-5-7-17(2)23(16)24-21(28)15-26-10-12-27(13-11-26)22(29)14-19-18-8-3-4-9-20(18)30-25-19/h3-9H,10-15H2,1-2H3,(H,24,28). The molecule has 7 heteroatoms. The van der Waals surface area contributed by atoms with E-state index in [1.165, 1.54) is 0 Å². The van der Waals surface area contributed by atoms with Crippen LogP contribution in [0.1, 0.15) is 16.8 Å². The lowest BCUT2D eigenvalue weighted by molar-refractivity contribution is -0.132. The van der Waals surface area contributed by atoms with E-state index in [0.717, 1.165) is 22.2 Å². The zero-order valence-electron chi connectivity index (χ0n) is 17.4. The molecule has 2 heterocycles. The van der Waals surface area contributed by atoms with Gasteiger partial charge in [-0.2, -0.15) is 0 Å². The summed E-state index contributed by atoms with van der Waals surface area (Å²) in [5.41, 5.74) is 4.36. The zero-order chi connectivity index (χ0) is 21.1. The number of hydrogen-bond donors (Lipinski definition) is 1. The molecule has 0 atom stereocenters. The van der Waals surface area contributed by atoms with E-state index in [2.05, 4.69) is 15.4 Å². The van der Waals surface area contributed by atoms with Crippen LogP contribution < -0.4 is 5.32 Å². The van der Waals surface area contributed by atoms with E-state index >= 15 is 0 Å².